The fourth-order valence-corrected chi connectivity index (χ4v) is 3.20. The second-order valence-corrected chi connectivity index (χ2v) is 6.21. The Morgan fingerprint density at radius 2 is 2.06 bits per heavy atom. The van der Waals surface area contributed by atoms with Crippen LogP contribution in [0.25, 0.3) is 0 Å². The lowest BCUT2D eigenvalue weighted by atomic mass is 9.98. The molecule has 0 aliphatic carbocycles. The van der Waals surface area contributed by atoms with Gasteiger partial charge in [-0.3, -0.25) is 9.69 Å². The highest BCUT2D eigenvalue weighted by molar-refractivity contribution is 5.81. The molecule has 4 heteroatoms. The summed E-state index contributed by atoms with van der Waals surface area (Å²) in [4.78, 5) is 16.8. The van der Waals surface area contributed by atoms with Gasteiger partial charge in [0.1, 0.15) is 0 Å². The van der Waals surface area contributed by atoms with Gasteiger partial charge in [0.25, 0.3) is 0 Å². The van der Waals surface area contributed by atoms with Crippen LogP contribution in [0.1, 0.15) is 39.5 Å². The minimum Gasteiger partial charge on any atom is -0.338 e. The molecule has 1 amide bonds. The minimum absolute atomic E-state index is 0.161. The van der Waals surface area contributed by atoms with E-state index in [1.807, 2.05) is 4.90 Å². The van der Waals surface area contributed by atoms with Gasteiger partial charge >= 0.3 is 0 Å². The van der Waals surface area contributed by atoms with Gasteiger partial charge in [0.05, 0.1) is 6.04 Å². The maximum Gasteiger partial charge on any atom is 0.239 e. The van der Waals surface area contributed by atoms with Crippen molar-refractivity contribution in [1.82, 2.24) is 9.80 Å². The van der Waals surface area contributed by atoms with E-state index in [4.69, 9.17) is 5.73 Å². The number of rotatable bonds is 3. The molecule has 2 rings (SSSR count). The Morgan fingerprint density at radius 1 is 1.28 bits per heavy atom. The lowest BCUT2D eigenvalue weighted by Crippen LogP contribution is -2.58. The number of hydrogen-bond donors (Lipinski definition) is 1. The Balaban J connectivity index is 1.88. The average Bonchev–Trinajstić information content (AvgIpc) is 2.36. The van der Waals surface area contributed by atoms with Crippen LogP contribution in [0.4, 0.5) is 0 Å². The van der Waals surface area contributed by atoms with Crippen molar-refractivity contribution in [3.8, 4) is 0 Å². The molecule has 2 aliphatic heterocycles. The number of carbonyl (C=O) groups is 1. The van der Waals surface area contributed by atoms with Crippen molar-refractivity contribution in [2.45, 2.75) is 51.6 Å². The molecular formula is C14H27N3O. The molecule has 1 unspecified atom stereocenters. The summed E-state index contributed by atoms with van der Waals surface area (Å²) in [5.74, 6) is 0.647. The van der Waals surface area contributed by atoms with Crippen molar-refractivity contribution in [2.75, 3.05) is 26.2 Å². The Kier molecular flexibility index (Phi) is 4.62. The first-order valence-corrected chi connectivity index (χ1v) is 7.36. The summed E-state index contributed by atoms with van der Waals surface area (Å²) in [6.45, 7) is 8.24. The molecule has 0 aromatic rings. The maximum atomic E-state index is 12.3. The third-order valence-corrected chi connectivity index (χ3v) is 4.19. The molecule has 0 aromatic carbocycles. The number of piperidine rings is 1. The summed E-state index contributed by atoms with van der Waals surface area (Å²) < 4.78 is 0. The van der Waals surface area contributed by atoms with Crippen LogP contribution in [0.15, 0.2) is 0 Å². The number of carbonyl (C=O) groups excluding carboxylic acids is 1. The predicted molar refractivity (Wildman–Crippen MR) is 73.2 cm³/mol. The van der Waals surface area contributed by atoms with E-state index >= 15 is 0 Å². The number of fused-ring (bicyclic) bond motifs is 1. The molecule has 0 radical (unpaired) electrons. The van der Waals surface area contributed by atoms with Crippen LogP contribution in [-0.2, 0) is 4.79 Å². The number of nitrogens with two attached hydrogens (primary N) is 1. The van der Waals surface area contributed by atoms with Gasteiger partial charge in [-0.1, -0.05) is 20.3 Å². The third kappa shape index (κ3) is 3.23. The highest BCUT2D eigenvalue weighted by Crippen LogP contribution is 2.21. The summed E-state index contributed by atoms with van der Waals surface area (Å²) in [7, 11) is 0. The number of amides is 1. The summed E-state index contributed by atoms with van der Waals surface area (Å²) in [5.41, 5.74) is 6.01. The highest BCUT2D eigenvalue weighted by atomic mass is 16.2. The molecule has 2 atom stereocenters. The van der Waals surface area contributed by atoms with Crippen LogP contribution in [0, 0.1) is 5.92 Å². The summed E-state index contributed by atoms with van der Waals surface area (Å²) in [5, 5.41) is 0. The maximum absolute atomic E-state index is 12.3. The van der Waals surface area contributed by atoms with Crippen molar-refractivity contribution in [3.05, 3.63) is 0 Å². The fraction of sp³-hybridized carbons (Fsp3) is 0.929. The lowest BCUT2D eigenvalue weighted by Gasteiger charge is -2.44. The van der Waals surface area contributed by atoms with E-state index in [9.17, 15) is 4.79 Å². The molecule has 0 saturated carbocycles. The molecule has 2 N–H and O–H groups in total. The Morgan fingerprint density at radius 3 is 2.78 bits per heavy atom. The largest absolute Gasteiger partial charge is 0.338 e. The fourth-order valence-electron chi connectivity index (χ4n) is 3.20. The standard InChI is InChI=1S/C14H27N3O/c1-11(2)9-13(15)14(18)17-8-7-16-6-4-3-5-12(16)10-17/h11-13H,3-10,15H2,1-2H3/t12?,13-/m0/s1. The van der Waals surface area contributed by atoms with Crippen LogP contribution < -0.4 is 5.73 Å². The molecule has 0 bridgehead atoms. The van der Waals surface area contributed by atoms with Gasteiger partial charge in [-0.25, -0.2) is 0 Å². The van der Waals surface area contributed by atoms with Crippen LogP contribution in [-0.4, -0.2) is 54.0 Å². The van der Waals surface area contributed by atoms with Crippen LogP contribution in [0.2, 0.25) is 0 Å². The average molecular weight is 253 g/mol. The van der Waals surface area contributed by atoms with E-state index < -0.39 is 0 Å². The topological polar surface area (TPSA) is 49.6 Å². The Hall–Kier alpha value is -0.610. The first-order valence-electron chi connectivity index (χ1n) is 7.36. The normalized spacial score (nSPS) is 27.1. The van der Waals surface area contributed by atoms with E-state index in [-0.39, 0.29) is 11.9 Å². The molecule has 0 spiro atoms. The van der Waals surface area contributed by atoms with Gasteiger partial charge in [0, 0.05) is 25.7 Å². The third-order valence-electron chi connectivity index (χ3n) is 4.19. The lowest BCUT2D eigenvalue weighted by molar-refractivity contribution is -0.136. The van der Waals surface area contributed by atoms with Crippen LogP contribution in [0.3, 0.4) is 0 Å². The van der Waals surface area contributed by atoms with Crippen molar-refractivity contribution in [2.24, 2.45) is 11.7 Å². The SMILES string of the molecule is CC(C)C[C@H](N)C(=O)N1CCN2CCCCC2C1. The highest BCUT2D eigenvalue weighted by Gasteiger charge is 2.32. The second-order valence-electron chi connectivity index (χ2n) is 6.21. The van der Waals surface area contributed by atoms with Gasteiger partial charge in [0.2, 0.25) is 5.91 Å². The number of piperazine rings is 1. The van der Waals surface area contributed by atoms with Crippen molar-refractivity contribution < 1.29 is 4.79 Å². The molecule has 0 aromatic heterocycles. The van der Waals surface area contributed by atoms with Crippen molar-refractivity contribution >= 4 is 5.91 Å². The molecular weight excluding hydrogens is 226 g/mol. The molecule has 2 fully saturated rings. The zero-order chi connectivity index (χ0) is 13.1. The van der Waals surface area contributed by atoms with Crippen molar-refractivity contribution in [3.63, 3.8) is 0 Å². The van der Waals surface area contributed by atoms with E-state index in [1.54, 1.807) is 0 Å². The minimum atomic E-state index is -0.305. The smallest absolute Gasteiger partial charge is 0.239 e. The summed E-state index contributed by atoms with van der Waals surface area (Å²) in [6, 6.07) is 0.280. The molecule has 2 saturated heterocycles. The molecule has 2 heterocycles. The van der Waals surface area contributed by atoms with E-state index in [0.717, 1.165) is 26.1 Å². The van der Waals surface area contributed by atoms with Gasteiger partial charge in [-0.05, 0) is 31.7 Å². The number of hydrogen-bond acceptors (Lipinski definition) is 3. The zero-order valence-corrected chi connectivity index (χ0v) is 11.8. The Bertz CT molecular complexity index is 293. The quantitative estimate of drug-likeness (QED) is 0.818. The molecule has 2 aliphatic rings. The second kappa shape index (κ2) is 6.02. The van der Waals surface area contributed by atoms with Gasteiger partial charge < -0.3 is 10.6 Å². The van der Waals surface area contributed by atoms with Gasteiger partial charge in [-0.2, -0.15) is 0 Å². The van der Waals surface area contributed by atoms with E-state index in [1.165, 1.54) is 25.8 Å². The van der Waals surface area contributed by atoms with Gasteiger partial charge in [0.15, 0.2) is 0 Å². The van der Waals surface area contributed by atoms with Crippen LogP contribution >= 0.6 is 0 Å². The van der Waals surface area contributed by atoms with E-state index in [2.05, 4.69) is 18.7 Å². The van der Waals surface area contributed by atoms with Gasteiger partial charge in [-0.15, -0.1) is 0 Å². The zero-order valence-electron chi connectivity index (χ0n) is 11.8. The predicted octanol–water partition coefficient (Wildman–Crippen LogP) is 1.06. The number of nitrogens with zero attached hydrogens (tertiary/aromatic N) is 2. The monoisotopic (exact) mass is 253 g/mol. The summed E-state index contributed by atoms with van der Waals surface area (Å²) >= 11 is 0. The first-order chi connectivity index (χ1) is 8.58. The first kappa shape index (κ1) is 13.8. The molecule has 4 nitrogen and oxygen atoms in total. The summed E-state index contributed by atoms with van der Waals surface area (Å²) in [6.07, 6.45) is 4.66. The van der Waals surface area contributed by atoms with Crippen LogP contribution in [0.5, 0.6) is 0 Å². The Labute approximate surface area is 110 Å². The molecule has 18 heavy (non-hydrogen) atoms. The van der Waals surface area contributed by atoms with E-state index in [0.29, 0.717) is 12.0 Å². The molecule has 104 valence electrons. The van der Waals surface area contributed by atoms with Crippen molar-refractivity contribution in [1.29, 1.82) is 0 Å².